The average molecular weight is 278 g/mol. The molecule has 2 N–H and O–H groups in total. The molecule has 6 nitrogen and oxygen atoms in total. The first kappa shape index (κ1) is 14.7. The maximum atomic E-state index is 11.4. The second-order valence-corrected chi connectivity index (χ2v) is 5.05. The van der Waals surface area contributed by atoms with Gasteiger partial charge in [0.05, 0.1) is 12.1 Å². The van der Waals surface area contributed by atoms with E-state index in [0.29, 0.717) is 11.5 Å². The number of aromatic nitrogens is 2. The van der Waals surface area contributed by atoms with Gasteiger partial charge in [-0.15, -0.1) is 10.2 Å². The van der Waals surface area contributed by atoms with Crippen molar-refractivity contribution >= 4 is 11.7 Å². The van der Waals surface area contributed by atoms with Gasteiger partial charge in [0, 0.05) is 14.2 Å². The van der Waals surface area contributed by atoms with Gasteiger partial charge in [0.2, 0.25) is 0 Å². The predicted octanol–water partition coefficient (Wildman–Crippen LogP) is 1.60. The first-order valence-electron chi connectivity index (χ1n) is 7.09. The Morgan fingerprint density at radius 1 is 1.25 bits per heavy atom. The van der Waals surface area contributed by atoms with Gasteiger partial charge in [0.15, 0.2) is 5.69 Å². The van der Waals surface area contributed by atoms with Gasteiger partial charge >= 0.3 is 0 Å². The third-order valence-corrected chi connectivity index (χ3v) is 3.71. The zero-order valence-corrected chi connectivity index (χ0v) is 12.1. The van der Waals surface area contributed by atoms with E-state index in [9.17, 15) is 4.79 Å². The molecule has 1 aliphatic carbocycles. The molecule has 1 saturated carbocycles. The summed E-state index contributed by atoms with van der Waals surface area (Å²) in [7, 11) is 3.33. The highest BCUT2D eigenvalue weighted by atomic mass is 16.5. The van der Waals surface area contributed by atoms with Crippen molar-refractivity contribution < 1.29 is 9.53 Å². The van der Waals surface area contributed by atoms with Gasteiger partial charge in [-0.3, -0.25) is 4.79 Å². The highest BCUT2D eigenvalue weighted by Crippen LogP contribution is 2.22. The Bertz CT molecular complexity index is 435. The number of anilines is 1. The SMILES string of the molecule is CNC(=O)c1ccc(N[C@@H]2CCCCC[C@@H]2OC)nn1. The average Bonchev–Trinajstić information content (AvgIpc) is 2.72. The minimum atomic E-state index is -0.228. The third kappa shape index (κ3) is 3.66. The zero-order chi connectivity index (χ0) is 14.4. The van der Waals surface area contributed by atoms with E-state index in [1.807, 2.05) is 0 Å². The molecule has 1 aliphatic rings. The van der Waals surface area contributed by atoms with Crippen molar-refractivity contribution in [1.29, 1.82) is 0 Å². The second-order valence-electron chi connectivity index (χ2n) is 5.05. The molecular weight excluding hydrogens is 256 g/mol. The van der Waals surface area contributed by atoms with Crippen LogP contribution in [-0.4, -0.2) is 42.4 Å². The summed E-state index contributed by atoms with van der Waals surface area (Å²) in [5.74, 6) is 0.458. The molecule has 2 rings (SSSR count). The summed E-state index contributed by atoms with van der Waals surface area (Å²) in [6, 6.07) is 3.71. The van der Waals surface area contributed by atoms with Crippen molar-refractivity contribution in [2.24, 2.45) is 0 Å². The number of carbonyl (C=O) groups excluding carboxylic acids is 1. The van der Waals surface area contributed by atoms with Crippen molar-refractivity contribution in [3.63, 3.8) is 0 Å². The topological polar surface area (TPSA) is 76.1 Å². The lowest BCUT2D eigenvalue weighted by Crippen LogP contribution is -2.34. The summed E-state index contributed by atoms with van der Waals surface area (Å²) in [4.78, 5) is 11.4. The van der Waals surface area contributed by atoms with Crippen LogP contribution in [0.15, 0.2) is 12.1 Å². The quantitative estimate of drug-likeness (QED) is 0.818. The molecule has 110 valence electrons. The van der Waals surface area contributed by atoms with Crippen molar-refractivity contribution in [3.05, 3.63) is 17.8 Å². The van der Waals surface area contributed by atoms with Gasteiger partial charge in [-0.1, -0.05) is 19.3 Å². The number of hydrogen-bond acceptors (Lipinski definition) is 5. The van der Waals surface area contributed by atoms with E-state index in [-0.39, 0.29) is 18.1 Å². The van der Waals surface area contributed by atoms with Crippen LogP contribution in [0.1, 0.15) is 42.6 Å². The smallest absolute Gasteiger partial charge is 0.271 e. The lowest BCUT2D eigenvalue weighted by atomic mass is 10.1. The summed E-state index contributed by atoms with van der Waals surface area (Å²) in [6.45, 7) is 0. The molecule has 0 unspecified atom stereocenters. The number of hydrogen-bond donors (Lipinski definition) is 2. The predicted molar refractivity (Wildman–Crippen MR) is 76.7 cm³/mol. The van der Waals surface area contributed by atoms with Gasteiger partial charge in [0.1, 0.15) is 5.82 Å². The van der Waals surface area contributed by atoms with E-state index in [1.165, 1.54) is 19.3 Å². The number of rotatable bonds is 4. The Kier molecular flexibility index (Phi) is 5.29. The molecule has 1 fully saturated rings. The van der Waals surface area contributed by atoms with Crippen LogP contribution < -0.4 is 10.6 Å². The summed E-state index contributed by atoms with van der Waals surface area (Å²) in [6.07, 6.45) is 5.99. The molecular formula is C14H22N4O2. The first-order chi connectivity index (χ1) is 9.74. The van der Waals surface area contributed by atoms with Crippen LogP contribution in [0, 0.1) is 0 Å². The summed E-state index contributed by atoms with van der Waals surface area (Å²) in [5.41, 5.74) is 0.321. The molecule has 0 saturated heterocycles. The van der Waals surface area contributed by atoms with Gasteiger partial charge in [-0.2, -0.15) is 0 Å². The van der Waals surface area contributed by atoms with Crippen LogP contribution in [0.25, 0.3) is 0 Å². The number of methoxy groups -OCH3 is 1. The Morgan fingerprint density at radius 3 is 2.70 bits per heavy atom. The van der Waals surface area contributed by atoms with Crippen LogP contribution in [0.5, 0.6) is 0 Å². The van der Waals surface area contributed by atoms with E-state index >= 15 is 0 Å². The lowest BCUT2D eigenvalue weighted by Gasteiger charge is -2.25. The van der Waals surface area contributed by atoms with Crippen LogP contribution >= 0.6 is 0 Å². The number of nitrogens with zero attached hydrogens (tertiary/aromatic N) is 2. The van der Waals surface area contributed by atoms with E-state index < -0.39 is 0 Å². The molecule has 0 aromatic carbocycles. The van der Waals surface area contributed by atoms with Crippen molar-refractivity contribution in [1.82, 2.24) is 15.5 Å². The number of nitrogens with one attached hydrogen (secondary N) is 2. The number of carbonyl (C=O) groups is 1. The molecule has 1 heterocycles. The van der Waals surface area contributed by atoms with Crippen LogP contribution in [0.2, 0.25) is 0 Å². The van der Waals surface area contributed by atoms with Crippen molar-refractivity contribution in [2.75, 3.05) is 19.5 Å². The lowest BCUT2D eigenvalue weighted by molar-refractivity contribution is 0.0805. The molecule has 0 bridgehead atoms. The molecule has 0 spiro atoms. The highest BCUT2D eigenvalue weighted by molar-refractivity contribution is 5.91. The molecule has 0 aliphatic heterocycles. The van der Waals surface area contributed by atoms with E-state index in [0.717, 1.165) is 12.8 Å². The van der Waals surface area contributed by atoms with Crippen LogP contribution in [0.3, 0.4) is 0 Å². The van der Waals surface area contributed by atoms with Gasteiger partial charge in [0.25, 0.3) is 5.91 Å². The molecule has 1 aromatic rings. The Balaban J connectivity index is 2.02. The minimum Gasteiger partial charge on any atom is -0.379 e. The molecule has 0 radical (unpaired) electrons. The van der Waals surface area contributed by atoms with Gasteiger partial charge in [-0.25, -0.2) is 0 Å². The van der Waals surface area contributed by atoms with E-state index in [1.54, 1.807) is 26.3 Å². The second kappa shape index (κ2) is 7.19. The summed E-state index contributed by atoms with van der Waals surface area (Å²) < 4.78 is 5.56. The van der Waals surface area contributed by atoms with Gasteiger partial charge in [-0.05, 0) is 25.0 Å². The first-order valence-corrected chi connectivity index (χ1v) is 7.09. The molecule has 20 heavy (non-hydrogen) atoms. The summed E-state index contributed by atoms with van der Waals surface area (Å²) in [5, 5.41) is 13.9. The van der Waals surface area contributed by atoms with Crippen molar-refractivity contribution in [2.45, 2.75) is 44.2 Å². The van der Waals surface area contributed by atoms with Crippen LogP contribution in [0.4, 0.5) is 5.82 Å². The van der Waals surface area contributed by atoms with Crippen molar-refractivity contribution in [3.8, 4) is 0 Å². The molecule has 1 amide bonds. The highest BCUT2D eigenvalue weighted by Gasteiger charge is 2.23. The fraction of sp³-hybridized carbons (Fsp3) is 0.643. The number of amides is 1. The Morgan fingerprint density at radius 2 is 2.05 bits per heavy atom. The normalized spacial score (nSPS) is 22.9. The van der Waals surface area contributed by atoms with Gasteiger partial charge < -0.3 is 15.4 Å². The Hall–Kier alpha value is -1.69. The molecule has 1 aromatic heterocycles. The van der Waals surface area contributed by atoms with E-state index in [2.05, 4.69) is 20.8 Å². The maximum absolute atomic E-state index is 11.4. The largest absolute Gasteiger partial charge is 0.379 e. The van der Waals surface area contributed by atoms with E-state index in [4.69, 9.17) is 4.74 Å². The Labute approximate surface area is 119 Å². The fourth-order valence-electron chi connectivity index (χ4n) is 2.57. The zero-order valence-electron chi connectivity index (χ0n) is 12.1. The van der Waals surface area contributed by atoms with Crippen LogP contribution in [-0.2, 0) is 4.74 Å². The molecule has 6 heteroatoms. The fourth-order valence-corrected chi connectivity index (χ4v) is 2.57. The minimum absolute atomic E-state index is 0.206. The third-order valence-electron chi connectivity index (χ3n) is 3.71. The molecule has 2 atom stereocenters. The maximum Gasteiger partial charge on any atom is 0.271 e. The summed E-state index contributed by atoms with van der Waals surface area (Å²) >= 11 is 0. The standard InChI is InChI=1S/C14H22N4O2/c1-15-14(19)11-8-9-13(18-17-11)16-10-6-4-3-5-7-12(10)20-2/h8-10,12H,3-7H2,1-2H3,(H,15,19)(H,16,18)/t10-,12+/m1/s1. The number of ether oxygens (including phenoxy) is 1. The monoisotopic (exact) mass is 278 g/mol.